The standard InChI is InChI=1S/C18H15F2N5OS/c19-14-6-3-12(8-15(14)20)22-16(26)10-27-18-24-23-17(25(18)13-4-5-13)11-2-1-7-21-9-11/h1-3,6-9,13H,4-5,10H2,(H,22,26). The number of carbonyl (C=O) groups is 1. The number of hydrogen-bond acceptors (Lipinski definition) is 5. The summed E-state index contributed by atoms with van der Waals surface area (Å²) in [7, 11) is 0. The fraction of sp³-hybridized carbons (Fsp3) is 0.222. The molecule has 0 unspecified atom stereocenters. The smallest absolute Gasteiger partial charge is 0.234 e. The first kappa shape index (κ1) is 17.6. The fourth-order valence-corrected chi connectivity index (χ4v) is 3.44. The highest BCUT2D eigenvalue weighted by Gasteiger charge is 2.30. The zero-order chi connectivity index (χ0) is 18.8. The molecule has 1 aliphatic carbocycles. The molecule has 0 spiro atoms. The quantitative estimate of drug-likeness (QED) is 0.653. The average Bonchev–Trinajstić information content (AvgIpc) is 3.43. The molecule has 1 amide bonds. The Morgan fingerprint density at radius 2 is 2.07 bits per heavy atom. The van der Waals surface area contributed by atoms with E-state index in [1.54, 1.807) is 12.4 Å². The number of nitrogens with one attached hydrogen (secondary N) is 1. The van der Waals surface area contributed by atoms with E-state index < -0.39 is 11.6 Å². The van der Waals surface area contributed by atoms with Gasteiger partial charge >= 0.3 is 0 Å². The Balaban J connectivity index is 1.46. The summed E-state index contributed by atoms with van der Waals surface area (Å²) >= 11 is 1.25. The Labute approximate surface area is 158 Å². The van der Waals surface area contributed by atoms with Gasteiger partial charge in [0.1, 0.15) is 0 Å². The summed E-state index contributed by atoms with van der Waals surface area (Å²) in [5.74, 6) is -1.48. The Kier molecular flexibility index (Phi) is 4.85. The fourth-order valence-electron chi connectivity index (χ4n) is 2.63. The van der Waals surface area contributed by atoms with Crippen LogP contribution in [0.2, 0.25) is 0 Å². The van der Waals surface area contributed by atoms with E-state index in [0.717, 1.165) is 36.4 Å². The lowest BCUT2D eigenvalue weighted by Crippen LogP contribution is -2.15. The van der Waals surface area contributed by atoms with Crippen molar-refractivity contribution in [2.45, 2.75) is 24.0 Å². The molecule has 0 bridgehead atoms. The first-order valence-corrected chi connectivity index (χ1v) is 9.33. The second-order valence-electron chi connectivity index (χ2n) is 6.11. The third-order valence-corrected chi connectivity index (χ3v) is 4.98. The second-order valence-corrected chi connectivity index (χ2v) is 7.06. The summed E-state index contributed by atoms with van der Waals surface area (Å²) in [5, 5.41) is 11.7. The highest BCUT2D eigenvalue weighted by Crippen LogP contribution is 2.40. The molecule has 138 valence electrons. The molecular formula is C18H15F2N5OS. The third-order valence-electron chi connectivity index (χ3n) is 4.03. The van der Waals surface area contributed by atoms with Crippen LogP contribution in [0.25, 0.3) is 11.4 Å². The van der Waals surface area contributed by atoms with Gasteiger partial charge in [-0.3, -0.25) is 14.3 Å². The van der Waals surface area contributed by atoms with Crippen LogP contribution >= 0.6 is 11.8 Å². The molecule has 1 fully saturated rings. The lowest BCUT2D eigenvalue weighted by molar-refractivity contribution is -0.113. The largest absolute Gasteiger partial charge is 0.325 e. The van der Waals surface area contributed by atoms with E-state index in [9.17, 15) is 13.6 Å². The van der Waals surface area contributed by atoms with Crippen molar-refractivity contribution < 1.29 is 13.6 Å². The van der Waals surface area contributed by atoms with E-state index in [0.29, 0.717) is 11.2 Å². The summed E-state index contributed by atoms with van der Waals surface area (Å²) < 4.78 is 28.2. The van der Waals surface area contributed by atoms with Gasteiger partial charge in [0, 0.05) is 35.8 Å². The molecule has 0 saturated heterocycles. The first-order valence-electron chi connectivity index (χ1n) is 8.35. The molecule has 27 heavy (non-hydrogen) atoms. The van der Waals surface area contributed by atoms with Gasteiger partial charge in [0.15, 0.2) is 22.6 Å². The summed E-state index contributed by atoms with van der Waals surface area (Å²) in [6.07, 6.45) is 5.51. The number of hydrogen-bond donors (Lipinski definition) is 1. The van der Waals surface area contributed by atoms with E-state index >= 15 is 0 Å². The number of rotatable bonds is 6. The first-order chi connectivity index (χ1) is 13.1. The molecule has 1 aromatic carbocycles. The molecule has 2 heterocycles. The van der Waals surface area contributed by atoms with Crippen molar-refractivity contribution in [3.8, 4) is 11.4 Å². The number of anilines is 1. The Bertz CT molecular complexity index is 975. The Hall–Kier alpha value is -2.81. The molecule has 0 aliphatic heterocycles. The van der Waals surface area contributed by atoms with Crippen molar-refractivity contribution in [1.29, 1.82) is 0 Å². The van der Waals surface area contributed by atoms with Gasteiger partial charge in [-0.25, -0.2) is 8.78 Å². The van der Waals surface area contributed by atoms with E-state index in [1.165, 1.54) is 17.8 Å². The monoisotopic (exact) mass is 387 g/mol. The van der Waals surface area contributed by atoms with Gasteiger partial charge in [-0.1, -0.05) is 11.8 Å². The third kappa shape index (κ3) is 3.97. The molecule has 1 N–H and O–H groups in total. The number of nitrogens with zero attached hydrogens (tertiary/aromatic N) is 4. The number of carbonyl (C=O) groups excluding carboxylic acids is 1. The van der Waals surface area contributed by atoms with E-state index in [-0.39, 0.29) is 17.3 Å². The van der Waals surface area contributed by atoms with Crippen molar-refractivity contribution in [3.05, 3.63) is 54.4 Å². The Morgan fingerprint density at radius 3 is 2.78 bits per heavy atom. The predicted molar refractivity (Wildman–Crippen MR) is 97.2 cm³/mol. The number of thioether (sulfide) groups is 1. The maximum absolute atomic E-state index is 13.2. The molecule has 4 rings (SSSR count). The summed E-state index contributed by atoms with van der Waals surface area (Å²) in [6, 6.07) is 7.32. The van der Waals surface area contributed by atoms with Gasteiger partial charge in [-0.05, 0) is 37.1 Å². The van der Waals surface area contributed by atoms with Crippen LogP contribution in [0.15, 0.2) is 47.9 Å². The normalized spacial score (nSPS) is 13.6. The van der Waals surface area contributed by atoms with Gasteiger partial charge in [0.25, 0.3) is 0 Å². The van der Waals surface area contributed by atoms with Crippen LogP contribution in [0, 0.1) is 11.6 Å². The topological polar surface area (TPSA) is 72.7 Å². The molecule has 2 aromatic heterocycles. The molecule has 6 nitrogen and oxygen atoms in total. The molecule has 1 aliphatic rings. The van der Waals surface area contributed by atoms with Crippen molar-refractivity contribution in [3.63, 3.8) is 0 Å². The molecular weight excluding hydrogens is 372 g/mol. The van der Waals surface area contributed by atoms with Crippen molar-refractivity contribution in [1.82, 2.24) is 19.7 Å². The van der Waals surface area contributed by atoms with E-state index in [4.69, 9.17) is 0 Å². The maximum atomic E-state index is 13.2. The average molecular weight is 387 g/mol. The molecule has 3 aromatic rings. The SMILES string of the molecule is O=C(CSc1nnc(-c2cccnc2)n1C1CC1)Nc1ccc(F)c(F)c1. The van der Waals surface area contributed by atoms with E-state index in [1.807, 2.05) is 16.7 Å². The minimum atomic E-state index is -1.00. The summed E-state index contributed by atoms with van der Waals surface area (Å²) in [6.45, 7) is 0. The number of halogens is 2. The van der Waals surface area contributed by atoms with Crippen LogP contribution in [0.4, 0.5) is 14.5 Å². The second kappa shape index (κ2) is 7.43. The number of benzene rings is 1. The highest BCUT2D eigenvalue weighted by atomic mass is 32.2. The molecule has 9 heteroatoms. The van der Waals surface area contributed by atoms with Crippen molar-refractivity contribution in [2.24, 2.45) is 0 Å². The minimum absolute atomic E-state index is 0.0802. The van der Waals surface area contributed by atoms with Gasteiger partial charge in [-0.2, -0.15) is 0 Å². The zero-order valence-corrected chi connectivity index (χ0v) is 14.9. The summed E-state index contributed by atoms with van der Waals surface area (Å²) in [4.78, 5) is 16.3. The highest BCUT2D eigenvalue weighted by molar-refractivity contribution is 7.99. The minimum Gasteiger partial charge on any atom is -0.325 e. The number of amides is 1. The van der Waals surface area contributed by atoms with Crippen molar-refractivity contribution >= 4 is 23.4 Å². The molecule has 1 saturated carbocycles. The maximum Gasteiger partial charge on any atom is 0.234 e. The van der Waals surface area contributed by atoms with Gasteiger partial charge in [-0.15, -0.1) is 10.2 Å². The van der Waals surface area contributed by atoms with Crippen LogP contribution in [0.3, 0.4) is 0 Å². The lowest BCUT2D eigenvalue weighted by atomic mass is 10.3. The van der Waals surface area contributed by atoms with Crippen LogP contribution < -0.4 is 5.32 Å². The van der Waals surface area contributed by atoms with Crippen LogP contribution in [-0.4, -0.2) is 31.4 Å². The molecule has 0 radical (unpaired) electrons. The summed E-state index contributed by atoms with van der Waals surface area (Å²) in [5.41, 5.74) is 1.08. The number of pyridine rings is 1. The van der Waals surface area contributed by atoms with Gasteiger partial charge in [0.2, 0.25) is 5.91 Å². The van der Waals surface area contributed by atoms with Gasteiger partial charge in [0.05, 0.1) is 5.75 Å². The molecule has 0 atom stereocenters. The van der Waals surface area contributed by atoms with Crippen LogP contribution in [-0.2, 0) is 4.79 Å². The Morgan fingerprint density at radius 1 is 1.22 bits per heavy atom. The predicted octanol–water partition coefficient (Wildman–Crippen LogP) is 3.68. The van der Waals surface area contributed by atoms with Crippen LogP contribution in [0.5, 0.6) is 0 Å². The van der Waals surface area contributed by atoms with Crippen LogP contribution in [0.1, 0.15) is 18.9 Å². The van der Waals surface area contributed by atoms with Gasteiger partial charge < -0.3 is 5.32 Å². The van der Waals surface area contributed by atoms with Crippen molar-refractivity contribution in [2.75, 3.05) is 11.1 Å². The zero-order valence-electron chi connectivity index (χ0n) is 14.1. The lowest BCUT2D eigenvalue weighted by Gasteiger charge is -2.09. The van der Waals surface area contributed by atoms with E-state index in [2.05, 4.69) is 20.5 Å². The number of aromatic nitrogens is 4.